The fraction of sp³-hybridized carbons (Fsp3) is 0.333. The lowest BCUT2D eigenvalue weighted by atomic mass is 10.1. The minimum absolute atomic E-state index is 0. The SMILES string of the molecule is CCNC(=NCc1cc(Cl)ccc1OC(F)F)NCCc1ccc(NC(C)=O)cc1.I. The van der Waals surface area contributed by atoms with Gasteiger partial charge in [0.2, 0.25) is 5.91 Å². The third-order valence-electron chi connectivity index (χ3n) is 3.97. The molecule has 2 aromatic carbocycles. The van der Waals surface area contributed by atoms with Crippen LogP contribution in [0.4, 0.5) is 14.5 Å². The van der Waals surface area contributed by atoms with Crippen molar-refractivity contribution < 1.29 is 18.3 Å². The van der Waals surface area contributed by atoms with E-state index in [0.717, 1.165) is 17.7 Å². The number of halogens is 4. The third kappa shape index (κ3) is 10.1. The van der Waals surface area contributed by atoms with Gasteiger partial charge in [0.05, 0.1) is 6.54 Å². The Morgan fingerprint density at radius 3 is 2.48 bits per heavy atom. The van der Waals surface area contributed by atoms with Gasteiger partial charge >= 0.3 is 6.61 Å². The largest absolute Gasteiger partial charge is 0.434 e. The highest BCUT2D eigenvalue weighted by Crippen LogP contribution is 2.25. The molecular weight excluding hydrogens is 541 g/mol. The molecule has 0 saturated heterocycles. The summed E-state index contributed by atoms with van der Waals surface area (Å²) in [6, 6.07) is 12.0. The number of guanidine groups is 1. The lowest BCUT2D eigenvalue weighted by Crippen LogP contribution is -2.38. The number of anilines is 1. The van der Waals surface area contributed by atoms with Crippen molar-refractivity contribution in [2.24, 2.45) is 4.99 Å². The fourth-order valence-electron chi connectivity index (χ4n) is 2.67. The van der Waals surface area contributed by atoms with Gasteiger partial charge < -0.3 is 20.7 Å². The first kappa shape index (κ1) is 26.9. The predicted octanol–water partition coefficient (Wildman–Crippen LogP) is 4.82. The van der Waals surface area contributed by atoms with Crippen molar-refractivity contribution in [1.82, 2.24) is 10.6 Å². The number of carbonyl (C=O) groups is 1. The molecule has 0 heterocycles. The van der Waals surface area contributed by atoms with Crippen LogP contribution in [0.3, 0.4) is 0 Å². The maximum atomic E-state index is 12.6. The molecule has 31 heavy (non-hydrogen) atoms. The second-order valence-corrected chi connectivity index (χ2v) is 6.82. The summed E-state index contributed by atoms with van der Waals surface area (Å²) in [7, 11) is 0. The number of nitrogens with one attached hydrogen (secondary N) is 3. The van der Waals surface area contributed by atoms with E-state index in [0.29, 0.717) is 29.6 Å². The molecule has 0 atom stereocenters. The quantitative estimate of drug-likeness (QED) is 0.231. The molecular formula is C21H26ClF2IN4O2. The zero-order chi connectivity index (χ0) is 21.9. The van der Waals surface area contributed by atoms with Crippen molar-refractivity contribution in [3.05, 3.63) is 58.6 Å². The molecule has 0 saturated carbocycles. The monoisotopic (exact) mass is 566 g/mol. The topological polar surface area (TPSA) is 74.8 Å². The number of aliphatic imine (C=N–C) groups is 1. The molecule has 1 amide bonds. The van der Waals surface area contributed by atoms with Crippen LogP contribution in [0.2, 0.25) is 5.02 Å². The van der Waals surface area contributed by atoms with Gasteiger partial charge in [-0.2, -0.15) is 8.78 Å². The molecule has 0 unspecified atom stereocenters. The Kier molecular flexibility index (Phi) is 12.2. The summed E-state index contributed by atoms with van der Waals surface area (Å²) in [6.45, 7) is 1.86. The second-order valence-electron chi connectivity index (χ2n) is 6.38. The summed E-state index contributed by atoms with van der Waals surface area (Å²) in [5, 5.41) is 9.47. The maximum Gasteiger partial charge on any atom is 0.387 e. The molecule has 0 fully saturated rings. The van der Waals surface area contributed by atoms with Gasteiger partial charge in [0.25, 0.3) is 0 Å². The molecule has 170 valence electrons. The van der Waals surface area contributed by atoms with Crippen molar-refractivity contribution >= 4 is 53.1 Å². The molecule has 6 nitrogen and oxygen atoms in total. The number of benzene rings is 2. The second kappa shape index (κ2) is 14.0. The normalized spacial score (nSPS) is 11.0. The number of hydrogen-bond acceptors (Lipinski definition) is 3. The molecule has 0 aliphatic heterocycles. The van der Waals surface area contributed by atoms with Gasteiger partial charge in [-0.1, -0.05) is 23.7 Å². The zero-order valence-corrected chi connectivity index (χ0v) is 20.3. The minimum Gasteiger partial charge on any atom is -0.434 e. The zero-order valence-electron chi connectivity index (χ0n) is 17.3. The van der Waals surface area contributed by atoms with E-state index >= 15 is 0 Å². The van der Waals surface area contributed by atoms with Gasteiger partial charge in [-0.15, -0.1) is 24.0 Å². The van der Waals surface area contributed by atoms with E-state index in [2.05, 4.69) is 25.7 Å². The van der Waals surface area contributed by atoms with Gasteiger partial charge in [-0.25, -0.2) is 4.99 Å². The average molecular weight is 567 g/mol. The summed E-state index contributed by atoms with van der Waals surface area (Å²) in [4.78, 5) is 15.5. The Balaban J connectivity index is 0.00000480. The summed E-state index contributed by atoms with van der Waals surface area (Å²) >= 11 is 5.97. The Bertz CT molecular complexity index is 867. The summed E-state index contributed by atoms with van der Waals surface area (Å²) in [5.41, 5.74) is 2.31. The molecule has 0 aromatic heterocycles. The van der Waals surface area contributed by atoms with Crippen LogP contribution in [0.1, 0.15) is 25.0 Å². The minimum atomic E-state index is -2.92. The highest BCUT2D eigenvalue weighted by Gasteiger charge is 2.10. The van der Waals surface area contributed by atoms with E-state index in [1.165, 1.54) is 19.1 Å². The van der Waals surface area contributed by atoms with Crippen molar-refractivity contribution in [3.8, 4) is 5.75 Å². The van der Waals surface area contributed by atoms with Crippen LogP contribution in [0.5, 0.6) is 5.75 Å². The number of nitrogens with zero attached hydrogens (tertiary/aromatic N) is 1. The molecule has 2 aromatic rings. The van der Waals surface area contributed by atoms with Crippen LogP contribution in [-0.2, 0) is 17.8 Å². The average Bonchev–Trinajstić information content (AvgIpc) is 2.68. The van der Waals surface area contributed by atoms with Gasteiger partial charge in [-0.3, -0.25) is 4.79 Å². The van der Waals surface area contributed by atoms with Crippen LogP contribution in [0, 0.1) is 0 Å². The Hall–Kier alpha value is -2.14. The third-order valence-corrected chi connectivity index (χ3v) is 4.21. The molecule has 0 bridgehead atoms. The molecule has 0 aliphatic carbocycles. The molecule has 2 rings (SSSR count). The van der Waals surface area contributed by atoms with Crippen LogP contribution in [-0.4, -0.2) is 31.6 Å². The molecule has 10 heteroatoms. The maximum absolute atomic E-state index is 12.6. The number of alkyl halides is 2. The number of ether oxygens (including phenoxy) is 1. The molecule has 0 aliphatic rings. The number of hydrogen-bond donors (Lipinski definition) is 3. The van der Waals surface area contributed by atoms with Crippen LogP contribution in [0.25, 0.3) is 0 Å². The standard InChI is InChI=1S/C21H25ClF2N4O2.HI/c1-3-25-21(26-11-10-15-4-7-18(8-5-15)28-14(2)29)27-13-16-12-17(22)6-9-19(16)30-20(23)24;/h4-9,12,20H,3,10-11,13H2,1-2H3,(H,28,29)(H2,25,26,27);1H. The smallest absolute Gasteiger partial charge is 0.387 e. The van der Waals surface area contributed by atoms with Gasteiger partial charge in [0.15, 0.2) is 5.96 Å². The highest BCUT2D eigenvalue weighted by molar-refractivity contribution is 14.0. The fourth-order valence-corrected chi connectivity index (χ4v) is 2.87. The molecule has 0 spiro atoms. The lowest BCUT2D eigenvalue weighted by Gasteiger charge is -2.13. The number of carbonyl (C=O) groups excluding carboxylic acids is 1. The van der Waals surface area contributed by atoms with E-state index < -0.39 is 6.61 Å². The highest BCUT2D eigenvalue weighted by atomic mass is 127. The van der Waals surface area contributed by atoms with Gasteiger partial charge in [0, 0.05) is 36.3 Å². The first-order valence-electron chi connectivity index (χ1n) is 9.49. The van der Waals surface area contributed by atoms with E-state index in [-0.39, 0.29) is 42.2 Å². The number of amides is 1. The number of rotatable bonds is 9. The summed E-state index contributed by atoms with van der Waals surface area (Å²) in [5.74, 6) is 0.487. The van der Waals surface area contributed by atoms with Crippen LogP contribution >= 0.6 is 35.6 Å². The first-order chi connectivity index (χ1) is 14.4. The summed E-state index contributed by atoms with van der Waals surface area (Å²) in [6.07, 6.45) is 0.738. The van der Waals surface area contributed by atoms with Crippen molar-refractivity contribution in [3.63, 3.8) is 0 Å². The van der Waals surface area contributed by atoms with E-state index in [1.807, 2.05) is 31.2 Å². The van der Waals surface area contributed by atoms with Gasteiger partial charge in [-0.05, 0) is 49.2 Å². The van der Waals surface area contributed by atoms with E-state index in [1.54, 1.807) is 6.07 Å². The Morgan fingerprint density at radius 1 is 1.16 bits per heavy atom. The Morgan fingerprint density at radius 2 is 1.87 bits per heavy atom. The van der Waals surface area contributed by atoms with Crippen LogP contribution < -0.4 is 20.7 Å². The van der Waals surface area contributed by atoms with Crippen LogP contribution in [0.15, 0.2) is 47.5 Å². The first-order valence-corrected chi connectivity index (χ1v) is 9.87. The van der Waals surface area contributed by atoms with Crippen molar-refractivity contribution in [2.45, 2.75) is 33.4 Å². The summed E-state index contributed by atoms with van der Waals surface area (Å²) < 4.78 is 29.7. The lowest BCUT2D eigenvalue weighted by molar-refractivity contribution is -0.114. The predicted molar refractivity (Wildman–Crippen MR) is 131 cm³/mol. The van der Waals surface area contributed by atoms with Gasteiger partial charge in [0.1, 0.15) is 5.75 Å². The van der Waals surface area contributed by atoms with Crippen molar-refractivity contribution in [2.75, 3.05) is 18.4 Å². The van der Waals surface area contributed by atoms with E-state index in [4.69, 9.17) is 11.6 Å². The van der Waals surface area contributed by atoms with Crippen molar-refractivity contribution in [1.29, 1.82) is 0 Å². The molecule has 3 N–H and O–H groups in total. The molecule has 0 radical (unpaired) electrons. The van der Waals surface area contributed by atoms with E-state index in [9.17, 15) is 13.6 Å². The Labute approximate surface area is 202 Å².